The first-order valence-corrected chi connectivity index (χ1v) is 6.49. The number of nitrogens with zero attached hydrogens (tertiary/aromatic N) is 1. The van der Waals surface area contributed by atoms with Crippen LogP contribution in [0.5, 0.6) is 0 Å². The van der Waals surface area contributed by atoms with Crippen LogP contribution in [0.4, 0.5) is 4.79 Å². The first-order valence-electron chi connectivity index (χ1n) is 6.49. The molecule has 2 rings (SSSR count). The van der Waals surface area contributed by atoms with Crippen LogP contribution in [0.3, 0.4) is 0 Å². The van der Waals surface area contributed by atoms with Crippen LogP contribution < -0.4 is 5.32 Å². The van der Waals surface area contributed by atoms with E-state index in [1.165, 1.54) is 0 Å². The quantitative estimate of drug-likeness (QED) is 0.704. The fourth-order valence-corrected chi connectivity index (χ4v) is 2.63. The highest BCUT2D eigenvalue weighted by Crippen LogP contribution is 2.49. The van der Waals surface area contributed by atoms with Crippen molar-refractivity contribution in [1.82, 2.24) is 10.2 Å². The molecule has 1 heterocycles. The summed E-state index contributed by atoms with van der Waals surface area (Å²) in [6, 6.07) is 0.348. The summed E-state index contributed by atoms with van der Waals surface area (Å²) >= 11 is 0. The molecule has 1 aliphatic carbocycles. The summed E-state index contributed by atoms with van der Waals surface area (Å²) in [4.78, 5) is 14.2. The molecule has 3 unspecified atom stereocenters. The van der Waals surface area contributed by atoms with Crippen molar-refractivity contribution >= 4 is 6.09 Å². The predicted molar refractivity (Wildman–Crippen MR) is 66.9 cm³/mol. The average molecular weight is 240 g/mol. The Morgan fingerprint density at radius 1 is 1.41 bits per heavy atom. The van der Waals surface area contributed by atoms with Gasteiger partial charge in [0.25, 0.3) is 0 Å². The number of carbonyl (C=O) groups is 1. The Bertz CT molecular complexity index is 324. The molecule has 1 amide bonds. The molecular weight excluding hydrogens is 216 g/mol. The molecule has 0 aromatic rings. The summed E-state index contributed by atoms with van der Waals surface area (Å²) in [6.07, 6.45) is 0.932. The molecule has 1 saturated carbocycles. The van der Waals surface area contributed by atoms with Gasteiger partial charge in [-0.1, -0.05) is 6.92 Å². The van der Waals surface area contributed by atoms with E-state index in [9.17, 15) is 4.79 Å². The number of hydrogen-bond donors (Lipinski definition) is 1. The van der Waals surface area contributed by atoms with Crippen molar-refractivity contribution in [2.24, 2.45) is 5.92 Å². The zero-order chi connectivity index (χ0) is 12.8. The van der Waals surface area contributed by atoms with Crippen molar-refractivity contribution in [3.63, 3.8) is 0 Å². The lowest BCUT2D eigenvalue weighted by molar-refractivity contribution is 0.00192. The Hall–Kier alpha value is -0.770. The molecule has 2 fully saturated rings. The van der Waals surface area contributed by atoms with Crippen molar-refractivity contribution in [2.45, 2.75) is 58.2 Å². The lowest BCUT2D eigenvalue weighted by atomic mass is 10.1. The van der Waals surface area contributed by atoms with Crippen molar-refractivity contribution in [3.05, 3.63) is 0 Å². The monoisotopic (exact) mass is 240 g/mol. The summed E-state index contributed by atoms with van der Waals surface area (Å²) in [5, 5.41) is 3.46. The largest absolute Gasteiger partial charge is 0.444 e. The van der Waals surface area contributed by atoms with E-state index in [2.05, 4.69) is 19.2 Å². The second-order valence-corrected chi connectivity index (χ2v) is 6.58. The van der Waals surface area contributed by atoms with E-state index in [4.69, 9.17) is 4.74 Å². The number of ether oxygens (including phenoxy) is 1. The molecule has 0 radical (unpaired) electrons. The van der Waals surface area contributed by atoms with E-state index in [0.29, 0.717) is 12.0 Å². The van der Waals surface area contributed by atoms with Gasteiger partial charge in [0.2, 0.25) is 0 Å². The van der Waals surface area contributed by atoms with Gasteiger partial charge in [-0.15, -0.1) is 0 Å². The number of rotatable bonds is 0. The maximum atomic E-state index is 12.2. The molecule has 1 N–H and O–H groups in total. The molecule has 17 heavy (non-hydrogen) atoms. The molecule has 3 atom stereocenters. The summed E-state index contributed by atoms with van der Waals surface area (Å²) in [7, 11) is 0. The number of nitrogens with one attached hydrogen (secondary N) is 1. The molecule has 0 aromatic heterocycles. The Morgan fingerprint density at radius 3 is 2.47 bits per heavy atom. The van der Waals surface area contributed by atoms with E-state index in [0.717, 1.165) is 19.5 Å². The van der Waals surface area contributed by atoms with E-state index in [-0.39, 0.29) is 11.6 Å². The number of carbonyl (C=O) groups excluding carboxylic acids is 1. The van der Waals surface area contributed by atoms with E-state index in [1.807, 2.05) is 25.7 Å². The molecule has 4 heteroatoms. The van der Waals surface area contributed by atoms with Gasteiger partial charge in [0, 0.05) is 19.1 Å². The van der Waals surface area contributed by atoms with Crippen LogP contribution in [0.15, 0.2) is 0 Å². The highest BCUT2D eigenvalue weighted by molar-refractivity contribution is 5.70. The predicted octanol–water partition coefficient (Wildman–Crippen LogP) is 1.99. The van der Waals surface area contributed by atoms with Gasteiger partial charge in [0.15, 0.2) is 0 Å². The third-order valence-electron chi connectivity index (χ3n) is 3.78. The van der Waals surface area contributed by atoms with Gasteiger partial charge in [-0.2, -0.15) is 0 Å². The first-order chi connectivity index (χ1) is 7.74. The zero-order valence-electron chi connectivity index (χ0n) is 11.5. The van der Waals surface area contributed by atoms with Crippen molar-refractivity contribution in [1.29, 1.82) is 0 Å². The first kappa shape index (κ1) is 12.7. The van der Waals surface area contributed by atoms with Crippen molar-refractivity contribution in [3.8, 4) is 0 Å². The van der Waals surface area contributed by atoms with Gasteiger partial charge in [-0.3, -0.25) is 4.90 Å². The van der Waals surface area contributed by atoms with Crippen LogP contribution in [-0.2, 0) is 4.74 Å². The Morgan fingerprint density at radius 2 is 2.00 bits per heavy atom. The molecule has 2 aliphatic rings. The third kappa shape index (κ3) is 2.41. The van der Waals surface area contributed by atoms with Crippen LogP contribution in [-0.4, -0.2) is 41.3 Å². The Kier molecular flexibility index (Phi) is 2.89. The summed E-state index contributed by atoms with van der Waals surface area (Å²) in [5.41, 5.74) is -0.390. The van der Waals surface area contributed by atoms with Crippen LogP contribution in [0.2, 0.25) is 0 Å². The second-order valence-electron chi connectivity index (χ2n) is 6.58. The number of hydrogen-bond acceptors (Lipinski definition) is 3. The molecule has 0 bridgehead atoms. The van der Waals surface area contributed by atoms with Crippen LogP contribution in [0.25, 0.3) is 0 Å². The minimum absolute atomic E-state index is 0.0227. The molecule has 0 aromatic carbocycles. The van der Waals surface area contributed by atoms with E-state index >= 15 is 0 Å². The smallest absolute Gasteiger partial charge is 0.410 e. The average Bonchev–Trinajstić information content (AvgIpc) is 2.79. The van der Waals surface area contributed by atoms with Crippen LogP contribution in [0.1, 0.15) is 41.0 Å². The Balaban J connectivity index is 2.09. The summed E-state index contributed by atoms with van der Waals surface area (Å²) < 4.78 is 5.51. The third-order valence-corrected chi connectivity index (χ3v) is 3.78. The minimum Gasteiger partial charge on any atom is -0.444 e. The van der Waals surface area contributed by atoms with Gasteiger partial charge < -0.3 is 10.1 Å². The van der Waals surface area contributed by atoms with E-state index < -0.39 is 5.60 Å². The maximum absolute atomic E-state index is 12.2. The fourth-order valence-electron chi connectivity index (χ4n) is 2.63. The fraction of sp³-hybridized carbons (Fsp3) is 0.923. The summed E-state index contributed by atoms with van der Waals surface area (Å²) in [5.74, 6) is 0.579. The van der Waals surface area contributed by atoms with Crippen LogP contribution >= 0.6 is 0 Å². The molecule has 1 spiro atoms. The SMILES string of the molecule is CC1CN(C(=O)OC(C)(C)C)C2(CN1)CC2C. The Labute approximate surface area is 104 Å². The molecular formula is C13H24N2O2. The highest BCUT2D eigenvalue weighted by atomic mass is 16.6. The normalized spacial score (nSPS) is 37.1. The minimum atomic E-state index is -0.412. The van der Waals surface area contributed by atoms with Crippen molar-refractivity contribution < 1.29 is 9.53 Å². The topological polar surface area (TPSA) is 41.6 Å². The highest BCUT2D eigenvalue weighted by Gasteiger charge is 2.59. The maximum Gasteiger partial charge on any atom is 0.410 e. The number of piperazine rings is 1. The van der Waals surface area contributed by atoms with Crippen LogP contribution in [0, 0.1) is 5.92 Å². The lowest BCUT2D eigenvalue weighted by Gasteiger charge is -2.41. The molecule has 4 nitrogen and oxygen atoms in total. The standard InChI is InChI=1S/C13H24N2O2/c1-9-6-13(9)8-14-10(2)7-15(13)11(16)17-12(3,4)5/h9-10,14H,6-8H2,1-5H3. The zero-order valence-corrected chi connectivity index (χ0v) is 11.5. The van der Waals surface area contributed by atoms with E-state index in [1.54, 1.807) is 0 Å². The molecule has 1 saturated heterocycles. The van der Waals surface area contributed by atoms with Gasteiger partial charge in [0.05, 0.1) is 5.54 Å². The van der Waals surface area contributed by atoms with Gasteiger partial charge >= 0.3 is 6.09 Å². The second kappa shape index (κ2) is 3.87. The lowest BCUT2D eigenvalue weighted by Crippen LogP contribution is -2.60. The van der Waals surface area contributed by atoms with Gasteiger partial charge in [-0.25, -0.2) is 4.79 Å². The number of amides is 1. The van der Waals surface area contributed by atoms with Gasteiger partial charge in [-0.05, 0) is 40.0 Å². The summed E-state index contributed by atoms with van der Waals surface area (Å²) in [6.45, 7) is 11.7. The van der Waals surface area contributed by atoms with Gasteiger partial charge in [0.1, 0.15) is 5.60 Å². The van der Waals surface area contributed by atoms with Crippen molar-refractivity contribution in [2.75, 3.05) is 13.1 Å². The molecule has 1 aliphatic heterocycles. The molecule has 98 valence electrons.